The van der Waals surface area contributed by atoms with E-state index in [1.54, 1.807) is 43.5 Å². The number of anilines is 4. The molecule has 316 valence electrons. The van der Waals surface area contributed by atoms with Crippen LogP contribution in [0.25, 0.3) is 10.9 Å². The van der Waals surface area contributed by atoms with Crippen molar-refractivity contribution in [1.82, 2.24) is 14.9 Å². The van der Waals surface area contributed by atoms with Gasteiger partial charge in [0.15, 0.2) is 34.5 Å². The average Bonchev–Trinajstić information content (AvgIpc) is 3.98. The molecule has 4 bridgehead atoms. The van der Waals surface area contributed by atoms with E-state index < -0.39 is 6.17 Å². The van der Waals surface area contributed by atoms with Gasteiger partial charge in [0, 0.05) is 66.2 Å². The van der Waals surface area contributed by atoms with E-state index in [0.717, 1.165) is 77.0 Å². The van der Waals surface area contributed by atoms with Crippen molar-refractivity contribution in [3.8, 4) is 40.2 Å². The maximum Gasteiger partial charge on any atom is 0.231 e. The molecule has 5 aromatic rings. The van der Waals surface area contributed by atoms with E-state index in [-0.39, 0.29) is 13.6 Å². The Morgan fingerprint density at radius 1 is 0.839 bits per heavy atom. The molecule has 5 aliphatic heterocycles. The molecule has 1 unspecified atom stereocenters. The van der Waals surface area contributed by atoms with Gasteiger partial charge in [-0.3, -0.25) is 9.98 Å². The first-order valence-corrected chi connectivity index (χ1v) is 20.7. The number of hydrogen-bond acceptors (Lipinski definition) is 16. The minimum Gasteiger partial charge on any atom is -0.490 e. The monoisotopic (exact) mass is 835 g/mol. The van der Waals surface area contributed by atoms with Gasteiger partial charge in [-0.15, -0.1) is 0 Å². The quantitative estimate of drug-likeness (QED) is 0.164. The number of ether oxygens (including phenoxy) is 7. The Morgan fingerprint density at radius 3 is 2.63 bits per heavy atom. The normalized spacial score (nSPS) is 20.0. The van der Waals surface area contributed by atoms with Crippen LogP contribution < -0.4 is 48.7 Å². The molecule has 1 aromatic heterocycles. The molecule has 0 radical (unpaired) electrons. The Kier molecular flexibility index (Phi) is 11.1. The summed E-state index contributed by atoms with van der Waals surface area (Å²) in [5.74, 6) is 5.19. The molecule has 2 N–H and O–H groups in total. The summed E-state index contributed by atoms with van der Waals surface area (Å²) in [5.41, 5.74) is 6.07. The van der Waals surface area contributed by atoms with E-state index in [0.29, 0.717) is 72.2 Å². The summed E-state index contributed by atoms with van der Waals surface area (Å²) in [5, 5.41) is 7.99. The zero-order valence-corrected chi connectivity index (χ0v) is 34.2. The average molecular weight is 836 g/mol. The van der Waals surface area contributed by atoms with Crippen LogP contribution in [0.2, 0.25) is 0 Å². The summed E-state index contributed by atoms with van der Waals surface area (Å²) < 4.78 is 42.3. The Morgan fingerprint density at radius 2 is 1.71 bits per heavy atom. The largest absolute Gasteiger partial charge is 0.490 e. The third-order valence-electron chi connectivity index (χ3n) is 11.0. The van der Waals surface area contributed by atoms with E-state index in [9.17, 15) is 0 Å². The predicted molar refractivity (Wildman–Crippen MR) is 237 cm³/mol. The van der Waals surface area contributed by atoms with Gasteiger partial charge in [0.2, 0.25) is 13.6 Å². The zero-order chi connectivity index (χ0) is 41.7. The van der Waals surface area contributed by atoms with Crippen LogP contribution >= 0.6 is 0 Å². The van der Waals surface area contributed by atoms with Gasteiger partial charge >= 0.3 is 0 Å². The Hall–Kier alpha value is -7.33. The van der Waals surface area contributed by atoms with E-state index >= 15 is 0 Å². The molecular formula is C46H45N9O7. The molecule has 1 atom stereocenters. The molecule has 0 saturated carbocycles. The lowest BCUT2D eigenvalue weighted by atomic mass is 10.1. The second kappa shape index (κ2) is 17.7. The van der Waals surface area contributed by atoms with Gasteiger partial charge in [-0.2, -0.15) is 0 Å². The number of hydrogen-bond donors (Lipinski definition) is 2. The highest BCUT2D eigenvalue weighted by molar-refractivity contribution is 5.95. The molecule has 0 aliphatic carbocycles. The molecule has 6 heterocycles. The Balaban J connectivity index is 0.895. The highest BCUT2D eigenvalue weighted by Gasteiger charge is 2.28. The molecule has 0 fully saturated rings. The first-order valence-electron chi connectivity index (χ1n) is 20.7. The molecule has 0 amide bonds. The SMILES string of the molecule is CN1CCCCCOc2cc3c(ncnc3cc2OCCCN2C=NC3Nc4c(ccc5c4OCO5)\C=N/C=C\N=C/C=C\Oc4ccc2c3c4)Nc2c(ccc3c2OCO3)C1. The summed E-state index contributed by atoms with van der Waals surface area (Å²) in [6.07, 6.45) is 16.5. The third kappa shape index (κ3) is 8.24. The van der Waals surface area contributed by atoms with Gasteiger partial charge < -0.3 is 53.6 Å². The van der Waals surface area contributed by atoms with E-state index in [2.05, 4.69) is 53.5 Å². The number of fused-ring (bicyclic) bond motifs is 8. The number of aliphatic imine (C=N–C) groups is 3. The summed E-state index contributed by atoms with van der Waals surface area (Å²) in [4.78, 5) is 27.4. The Labute approximate surface area is 358 Å². The van der Waals surface area contributed by atoms with Crippen LogP contribution in [-0.2, 0) is 6.54 Å². The van der Waals surface area contributed by atoms with Crippen molar-refractivity contribution in [1.29, 1.82) is 0 Å². The molecule has 0 spiro atoms. The van der Waals surface area contributed by atoms with Gasteiger partial charge in [-0.25, -0.2) is 15.0 Å². The molecule has 4 aromatic carbocycles. The van der Waals surface area contributed by atoms with Crippen molar-refractivity contribution < 1.29 is 33.2 Å². The highest BCUT2D eigenvalue weighted by atomic mass is 16.7. The number of aromatic nitrogens is 2. The van der Waals surface area contributed by atoms with Gasteiger partial charge in [0.1, 0.15) is 24.1 Å². The second-order valence-corrected chi connectivity index (χ2v) is 15.2. The predicted octanol–water partition coefficient (Wildman–Crippen LogP) is 8.12. The lowest BCUT2D eigenvalue weighted by Crippen LogP contribution is -2.30. The number of rotatable bonds is 5. The molecule has 16 heteroatoms. The molecule has 5 aliphatic rings. The molecule has 0 saturated heterocycles. The third-order valence-corrected chi connectivity index (χ3v) is 11.0. The summed E-state index contributed by atoms with van der Waals surface area (Å²) in [7, 11) is 2.14. The van der Waals surface area contributed by atoms with Crippen molar-refractivity contribution >= 4 is 52.6 Å². The highest BCUT2D eigenvalue weighted by Crippen LogP contribution is 2.46. The Bertz CT molecular complexity index is 2630. The van der Waals surface area contributed by atoms with Crippen molar-refractivity contribution in [3.05, 3.63) is 102 Å². The lowest BCUT2D eigenvalue weighted by molar-refractivity contribution is 0.174. The fraction of sp³-hybridized carbons (Fsp3) is 0.283. The van der Waals surface area contributed by atoms with Crippen molar-refractivity contribution in [2.45, 2.75) is 38.4 Å². The van der Waals surface area contributed by atoms with Crippen LogP contribution in [0.5, 0.6) is 40.2 Å². The van der Waals surface area contributed by atoms with E-state index in [1.165, 1.54) is 0 Å². The number of nitrogens with zero attached hydrogens (tertiary/aromatic N) is 7. The standard InChI is InChI=1S/C46H45N9O7/c1-54-16-3-2-4-18-57-39-22-33-35(49-26-50-45(33)53-42-31(25-54)8-12-38-44(42)62-29-60-38)23-40(39)58-20-6-17-55-27-51-46-34-21-32(9-10-36(34)55)56-19-5-13-47-14-15-48-24-30-7-11-37-43(41(30)52-46)61-28-59-37/h5,7-15,19,21-24,26-27,46,52H,2-4,6,16-18,20,25,28-29H2,1H3,(H,49,50,53)/b15-14-,19-5-,47-13-,48-24-. The summed E-state index contributed by atoms with van der Waals surface area (Å²) >= 11 is 0. The van der Waals surface area contributed by atoms with Crippen LogP contribution in [0.1, 0.15) is 48.5 Å². The van der Waals surface area contributed by atoms with Gasteiger partial charge in [0.05, 0.1) is 42.7 Å². The minimum atomic E-state index is -0.467. The van der Waals surface area contributed by atoms with Crippen LogP contribution in [0.3, 0.4) is 0 Å². The van der Waals surface area contributed by atoms with Gasteiger partial charge in [0.25, 0.3) is 0 Å². The van der Waals surface area contributed by atoms with Crippen LogP contribution in [0.15, 0.2) is 101 Å². The number of nitrogens with one attached hydrogen (secondary N) is 2. The van der Waals surface area contributed by atoms with Crippen molar-refractivity contribution in [2.24, 2.45) is 15.0 Å². The number of allylic oxidation sites excluding steroid dienone is 1. The molecular weight excluding hydrogens is 791 g/mol. The zero-order valence-electron chi connectivity index (χ0n) is 34.2. The maximum atomic E-state index is 6.52. The molecule has 62 heavy (non-hydrogen) atoms. The lowest BCUT2D eigenvalue weighted by Gasteiger charge is -2.31. The van der Waals surface area contributed by atoms with Crippen LogP contribution in [-0.4, -0.2) is 80.6 Å². The van der Waals surface area contributed by atoms with Gasteiger partial charge in [-0.05, 0) is 93.4 Å². The van der Waals surface area contributed by atoms with Gasteiger partial charge in [-0.1, -0.05) is 6.07 Å². The minimum absolute atomic E-state index is 0.128. The molecule has 16 nitrogen and oxygen atoms in total. The van der Waals surface area contributed by atoms with Crippen LogP contribution in [0, 0.1) is 0 Å². The number of benzene rings is 4. The first-order chi connectivity index (χ1) is 30.6. The van der Waals surface area contributed by atoms with E-state index in [4.69, 9.17) is 38.2 Å². The van der Waals surface area contributed by atoms with E-state index in [1.807, 2.05) is 54.9 Å². The fourth-order valence-electron chi connectivity index (χ4n) is 7.92. The molecule has 10 rings (SSSR count). The first kappa shape index (κ1) is 38.8. The summed E-state index contributed by atoms with van der Waals surface area (Å²) in [6.45, 7) is 3.60. The fourth-order valence-corrected chi connectivity index (χ4v) is 7.92. The topological polar surface area (TPSA) is 158 Å². The van der Waals surface area contributed by atoms with Crippen LogP contribution in [0.4, 0.5) is 22.9 Å². The van der Waals surface area contributed by atoms with Crippen molar-refractivity contribution in [3.63, 3.8) is 0 Å². The second-order valence-electron chi connectivity index (χ2n) is 15.2. The smallest absolute Gasteiger partial charge is 0.231 e. The maximum absolute atomic E-state index is 6.52. The summed E-state index contributed by atoms with van der Waals surface area (Å²) in [6, 6.07) is 17.8. The van der Waals surface area contributed by atoms with Crippen molar-refractivity contribution in [2.75, 3.05) is 62.5 Å².